The Morgan fingerprint density at radius 3 is 2.68 bits per heavy atom. The summed E-state index contributed by atoms with van der Waals surface area (Å²) in [7, 11) is 0. The van der Waals surface area contributed by atoms with Crippen molar-refractivity contribution < 1.29 is 4.79 Å². The van der Waals surface area contributed by atoms with Gasteiger partial charge in [-0.25, -0.2) is 4.98 Å². The number of nitrogens with one attached hydrogen (secondary N) is 1. The molecule has 1 N–H and O–H groups in total. The van der Waals surface area contributed by atoms with Gasteiger partial charge in [0.05, 0.1) is 5.39 Å². The minimum absolute atomic E-state index is 0.0574. The number of pyridine rings is 2. The highest BCUT2D eigenvalue weighted by Gasteiger charge is 2.17. The second-order valence-corrected chi connectivity index (χ2v) is 7.09. The Bertz CT molecular complexity index is 1020. The van der Waals surface area contributed by atoms with Gasteiger partial charge in [-0.1, -0.05) is 22.0 Å². The van der Waals surface area contributed by atoms with Gasteiger partial charge in [-0.05, 0) is 51.1 Å². The van der Waals surface area contributed by atoms with Crippen molar-refractivity contribution in [3.63, 3.8) is 0 Å². The molecule has 2 heterocycles. The van der Waals surface area contributed by atoms with Crippen molar-refractivity contribution in [2.45, 2.75) is 26.8 Å². The Balaban J connectivity index is 2.34. The molecular weight excluding hydrogens is 382 g/mol. The maximum atomic E-state index is 12.8. The van der Waals surface area contributed by atoms with Gasteiger partial charge in [-0.3, -0.25) is 9.59 Å². The van der Waals surface area contributed by atoms with E-state index in [9.17, 15) is 9.59 Å². The van der Waals surface area contributed by atoms with Gasteiger partial charge < -0.3 is 9.88 Å². The predicted octanol–water partition coefficient (Wildman–Crippen LogP) is 3.59. The number of amides is 1. The maximum Gasteiger partial charge on any atom is 0.256 e. The van der Waals surface area contributed by atoms with E-state index in [1.165, 1.54) is 0 Å². The lowest BCUT2D eigenvalue weighted by molar-refractivity contribution is 0.0941. The number of hydrogen-bond donors (Lipinski definition) is 1. The first kappa shape index (κ1) is 17.4. The summed E-state index contributed by atoms with van der Waals surface area (Å²) in [5.41, 5.74) is 1.94. The molecule has 6 heteroatoms. The van der Waals surface area contributed by atoms with E-state index in [-0.39, 0.29) is 22.9 Å². The molecule has 0 saturated heterocycles. The predicted molar refractivity (Wildman–Crippen MR) is 102 cm³/mol. The molecule has 0 aliphatic carbocycles. The lowest BCUT2D eigenvalue weighted by Crippen LogP contribution is -2.34. The van der Waals surface area contributed by atoms with Crippen LogP contribution in [0.1, 0.15) is 29.9 Å². The Hall–Kier alpha value is -2.47. The Morgan fingerprint density at radius 2 is 2.00 bits per heavy atom. The third-order valence-corrected chi connectivity index (χ3v) is 4.23. The van der Waals surface area contributed by atoms with Gasteiger partial charge in [0, 0.05) is 28.1 Å². The summed E-state index contributed by atoms with van der Waals surface area (Å²) >= 11 is 3.46. The number of benzene rings is 1. The Labute approximate surface area is 153 Å². The highest BCUT2D eigenvalue weighted by Crippen LogP contribution is 2.20. The van der Waals surface area contributed by atoms with Crippen LogP contribution in [0.5, 0.6) is 0 Å². The molecule has 2 aromatic heterocycles. The quantitative estimate of drug-likeness (QED) is 0.731. The highest BCUT2D eigenvalue weighted by atomic mass is 79.9. The first-order chi connectivity index (χ1) is 11.9. The second kappa shape index (κ2) is 6.80. The average molecular weight is 400 g/mol. The Kier molecular flexibility index (Phi) is 4.72. The van der Waals surface area contributed by atoms with Crippen LogP contribution in [0.4, 0.5) is 0 Å². The molecule has 0 aliphatic heterocycles. The number of rotatable bonds is 3. The first-order valence-corrected chi connectivity index (χ1v) is 8.76. The van der Waals surface area contributed by atoms with Crippen molar-refractivity contribution in [2.24, 2.45) is 0 Å². The molecule has 0 unspecified atom stereocenters. The minimum Gasteiger partial charge on any atom is -0.350 e. The molecule has 0 aliphatic rings. The number of carbonyl (C=O) groups is 1. The van der Waals surface area contributed by atoms with Gasteiger partial charge >= 0.3 is 0 Å². The van der Waals surface area contributed by atoms with Crippen molar-refractivity contribution in [1.82, 2.24) is 14.9 Å². The fraction of sp³-hybridized carbons (Fsp3) is 0.211. The van der Waals surface area contributed by atoms with E-state index < -0.39 is 0 Å². The third kappa shape index (κ3) is 3.49. The van der Waals surface area contributed by atoms with Crippen molar-refractivity contribution >= 4 is 32.9 Å². The van der Waals surface area contributed by atoms with Crippen LogP contribution in [0.15, 0.2) is 51.9 Å². The SMILES string of the molecule is Cc1ccc2c(=O)c(C(=O)NC(C)C)cn(-c3cccc(Br)c3)c2n1. The summed E-state index contributed by atoms with van der Waals surface area (Å²) in [6.07, 6.45) is 1.57. The normalized spacial score (nSPS) is 11.1. The number of fused-ring (bicyclic) bond motifs is 1. The summed E-state index contributed by atoms with van der Waals surface area (Å²) < 4.78 is 2.68. The number of aryl methyl sites for hydroxylation is 1. The molecule has 25 heavy (non-hydrogen) atoms. The molecule has 1 amide bonds. The number of hydrogen-bond acceptors (Lipinski definition) is 3. The van der Waals surface area contributed by atoms with Crippen molar-refractivity contribution in [3.8, 4) is 5.69 Å². The summed E-state index contributed by atoms with van der Waals surface area (Å²) in [5.74, 6) is -0.383. The molecule has 5 nitrogen and oxygen atoms in total. The number of halogens is 1. The van der Waals surface area contributed by atoms with E-state index in [0.29, 0.717) is 11.0 Å². The van der Waals surface area contributed by atoms with Crippen LogP contribution in [0.25, 0.3) is 16.7 Å². The van der Waals surface area contributed by atoms with Gasteiger partial charge in [-0.15, -0.1) is 0 Å². The molecule has 1 aromatic carbocycles. The molecule has 0 bridgehead atoms. The van der Waals surface area contributed by atoms with E-state index in [2.05, 4.69) is 26.2 Å². The van der Waals surface area contributed by atoms with E-state index in [1.807, 2.05) is 45.0 Å². The van der Waals surface area contributed by atoms with Gasteiger partial charge in [0.15, 0.2) is 0 Å². The third-order valence-electron chi connectivity index (χ3n) is 3.74. The molecule has 0 saturated carbocycles. The zero-order valence-corrected chi connectivity index (χ0v) is 15.8. The highest BCUT2D eigenvalue weighted by molar-refractivity contribution is 9.10. The Morgan fingerprint density at radius 1 is 1.24 bits per heavy atom. The number of carbonyl (C=O) groups excluding carboxylic acids is 1. The van der Waals surface area contributed by atoms with Gasteiger partial charge in [0.25, 0.3) is 5.91 Å². The topological polar surface area (TPSA) is 64.0 Å². The molecule has 0 fully saturated rings. The van der Waals surface area contributed by atoms with E-state index in [4.69, 9.17) is 0 Å². The molecule has 0 spiro atoms. The van der Waals surface area contributed by atoms with Crippen LogP contribution in [-0.2, 0) is 0 Å². The van der Waals surface area contributed by atoms with Crippen LogP contribution in [0.3, 0.4) is 0 Å². The van der Waals surface area contributed by atoms with Gasteiger partial charge in [0.2, 0.25) is 5.43 Å². The monoisotopic (exact) mass is 399 g/mol. The number of nitrogens with zero attached hydrogens (tertiary/aromatic N) is 2. The summed E-state index contributed by atoms with van der Waals surface area (Å²) in [6.45, 7) is 5.59. The lowest BCUT2D eigenvalue weighted by atomic mass is 10.1. The molecule has 0 radical (unpaired) electrons. The maximum absolute atomic E-state index is 12.8. The number of aromatic nitrogens is 2. The largest absolute Gasteiger partial charge is 0.350 e. The first-order valence-electron chi connectivity index (χ1n) is 7.96. The van der Waals surface area contributed by atoms with E-state index in [1.54, 1.807) is 22.9 Å². The summed E-state index contributed by atoms with van der Waals surface area (Å²) in [6, 6.07) is 11.1. The van der Waals surface area contributed by atoms with Crippen molar-refractivity contribution in [2.75, 3.05) is 0 Å². The fourth-order valence-corrected chi connectivity index (χ4v) is 3.01. The van der Waals surface area contributed by atoms with Crippen molar-refractivity contribution in [3.05, 3.63) is 68.5 Å². The zero-order chi connectivity index (χ0) is 18.1. The minimum atomic E-state index is -0.383. The standard InChI is InChI=1S/C19H18BrN3O2/c1-11(2)21-19(25)16-10-23(14-6-4-5-13(20)9-14)18-15(17(16)24)8-7-12(3)22-18/h4-11H,1-3H3,(H,21,25). The zero-order valence-electron chi connectivity index (χ0n) is 14.2. The fourth-order valence-electron chi connectivity index (χ4n) is 2.62. The lowest BCUT2D eigenvalue weighted by Gasteiger charge is -2.14. The summed E-state index contributed by atoms with van der Waals surface area (Å²) in [5, 5.41) is 3.20. The van der Waals surface area contributed by atoms with Gasteiger partial charge in [-0.2, -0.15) is 0 Å². The van der Waals surface area contributed by atoms with Crippen molar-refractivity contribution in [1.29, 1.82) is 0 Å². The molecule has 0 atom stereocenters. The molecule has 3 aromatic rings. The molecule has 3 rings (SSSR count). The molecular formula is C19H18BrN3O2. The van der Waals surface area contributed by atoms with Gasteiger partial charge in [0.1, 0.15) is 11.2 Å². The van der Waals surface area contributed by atoms with Crippen LogP contribution in [0.2, 0.25) is 0 Å². The second-order valence-electron chi connectivity index (χ2n) is 6.17. The van der Waals surface area contributed by atoms with E-state index >= 15 is 0 Å². The van der Waals surface area contributed by atoms with Crippen LogP contribution < -0.4 is 10.7 Å². The van der Waals surface area contributed by atoms with Crippen LogP contribution in [-0.4, -0.2) is 21.5 Å². The summed E-state index contributed by atoms with van der Waals surface area (Å²) in [4.78, 5) is 29.8. The molecule has 128 valence electrons. The smallest absolute Gasteiger partial charge is 0.256 e. The van der Waals surface area contributed by atoms with Crippen LogP contribution in [0, 0.1) is 6.92 Å². The van der Waals surface area contributed by atoms with Crippen LogP contribution >= 0.6 is 15.9 Å². The van der Waals surface area contributed by atoms with E-state index in [0.717, 1.165) is 15.9 Å². The average Bonchev–Trinajstić information content (AvgIpc) is 2.54.